The normalized spacial score (nSPS) is 12.2. The Morgan fingerprint density at radius 2 is 2.21 bits per heavy atom. The Kier molecular flexibility index (Phi) is 2.95. The monoisotopic (exact) mass is 196 g/mol. The summed E-state index contributed by atoms with van der Waals surface area (Å²) in [5.74, 6) is -0.372. The second-order valence-electron chi connectivity index (χ2n) is 2.91. The van der Waals surface area contributed by atoms with Gasteiger partial charge in [-0.3, -0.25) is 9.59 Å². The highest BCUT2D eigenvalue weighted by Crippen LogP contribution is 2.07. The van der Waals surface area contributed by atoms with Crippen LogP contribution < -0.4 is 5.32 Å². The molecule has 6 heteroatoms. The minimum Gasteiger partial charge on any atom is -0.357 e. The predicted octanol–water partition coefficient (Wildman–Crippen LogP) is -0.212. The highest BCUT2D eigenvalue weighted by atomic mass is 16.2. The number of nitrogens with zero attached hydrogens (tertiary/aromatic N) is 3. The van der Waals surface area contributed by atoms with Gasteiger partial charge in [0.1, 0.15) is 11.7 Å². The molecule has 0 aliphatic heterocycles. The first kappa shape index (κ1) is 10.4. The first-order valence-electron chi connectivity index (χ1n) is 4.20. The molecule has 1 aromatic heterocycles. The Morgan fingerprint density at radius 3 is 2.71 bits per heavy atom. The van der Waals surface area contributed by atoms with Crippen LogP contribution in [0.3, 0.4) is 0 Å². The van der Waals surface area contributed by atoms with E-state index < -0.39 is 6.04 Å². The molecule has 1 heterocycles. The molecule has 0 fully saturated rings. The Balaban J connectivity index is 3.00. The minimum atomic E-state index is -0.526. The van der Waals surface area contributed by atoms with Gasteiger partial charge in [0, 0.05) is 14.0 Å². The Hall–Kier alpha value is -1.72. The van der Waals surface area contributed by atoms with E-state index in [0.29, 0.717) is 5.69 Å². The van der Waals surface area contributed by atoms with Gasteiger partial charge in [-0.1, -0.05) is 5.21 Å². The van der Waals surface area contributed by atoms with E-state index in [-0.39, 0.29) is 11.7 Å². The van der Waals surface area contributed by atoms with E-state index in [1.54, 1.807) is 6.92 Å². The SMILES string of the molecule is CNC(=O)C(C)n1nncc1C(C)=O. The van der Waals surface area contributed by atoms with Crippen molar-refractivity contribution in [2.75, 3.05) is 7.05 Å². The average Bonchev–Trinajstić information content (AvgIpc) is 2.63. The molecule has 14 heavy (non-hydrogen) atoms. The van der Waals surface area contributed by atoms with Crippen LogP contribution in [0.1, 0.15) is 30.4 Å². The zero-order valence-corrected chi connectivity index (χ0v) is 8.31. The fourth-order valence-corrected chi connectivity index (χ4v) is 1.10. The largest absolute Gasteiger partial charge is 0.357 e. The third-order valence-corrected chi connectivity index (χ3v) is 1.93. The van der Waals surface area contributed by atoms with Crippen molar-refractivity contribution in [2.24, 2.45) is 0 Å². The summed E-state index contributed by atoms with van der Waals surface area (Å²) in [7, 11) is 1.53. The van der Waals surface area contributed by atoms with Gasteiger partial charge in [-0.15, -0.1) is 5.10 Å². The molecular weight excluding hydrogens is 184 g/mol. The van der Waals surface area contributed by atoms with Crippen molar-refractivity contribution < 1.29 is 9.59 Å². The van der Waals surface area contributed by atoms with Gasteiger partial charge >= 0.3 is 0 Å². The van der Waals surface area contributed by atoms with Gasteiger partial charge < -0.3 is 5.32 Å². The van der Waals surface area contributed by atoms with Gasteiger partial charge in [-0.2, -0.15) is 0 Å². The fraction of sp³-hybridized carbons (Fsp3) is 0.500. The molecule has 0 aromatic carbocycles. The van der Waals surface area contributed by atoms with Gasteiger partial charge in [-0.25, -0.2) is 4.68 Å². The molecule has 6 nitrogen and oxygen atoms in total. The minimum absolute atomic E-state index is 0.161. The molecule has 0 aliphatic carbocycles. The second kappa shape index (κ2) is 3.99. The molecule has 0 saturated carbocycles. The third-order valence-electron chi connectivity index (χ3n) is 1.93. The molecule has 1 amide bonds. The van der Waals surface area contributed by atoms with Gasteiger partial charge in [-0.05, 0) is 6.92 Å². The maximum Gasteiger partial charge on any atom is 0.244 e. The molecule has 76 valence electrons. The summed E-state index contributed by atoms with van der Waals surface area (Å²) in [4.78, 5) is 22.4. The average molecular weight is 196 g/mol. The number of likely N-dealkylation sites (N-methyl/N-ethyl adjacent to an activating group) is 1. The standard InChI is InChI=1S/C8H12N4O2/c1-5(8(14)9-3)12-7(6(2)13)4-10-11-12/h4-5H,1-3H3,(H,9,14). The van der Waals surface area contributed by atoms with Crippen molar-refractivity contribution in [2.45, 2.75) is 19.9 Å². The summed E-state index contributed by atoms with van der Waals surface area (Å²) in [5.41, 5.74) is 0.334. The lowest BCUT2D eigenvalue weighted by Crippen LogP contribution is -2.29. The molecule has 0 spiro atoms. The number of nitrogens with one attached hydrogen (secondary N) is 1. The quantitative estimate of drug-likeness (QED) is 0.678. The molecule has 1 unspecified atom stereocenters. The summed E-state index contributed by atoms with van der Waals surface area (Å²) in [6.45, 7) is 3.06. The van der Waals surface area contributed by atoms with Crippen molar-refractivity contribution in [3.63, 3.8) is 0 Å². The van der Waals surface area contributed by atoms with Crippen molar-refractivity contribution in [3.05, 3.63) is 11.9 Å². The molecule has 1 atom stereocenters. The van der Waals surface area contributed by atoms with E-state index in [1.165, 1.54) is 24.9 Å². The van der Waals surface area contributed by atoms with Crippen LogP contribution in [0, 0.1) is 0 Å². The van der Waals surface area contributed by atoms with E-state index in [4.69, 9.17) is 0 Å². The van der Waals surface area contributed by atoms with Crippen LogP contribution in [0.5, 0.6) is 0 Å². The summed E-state index contributed by atoms with van der Waals surface area (Å²) < 4.78 is 1.31. The van der Waals surface area contributed by atoms with Crippen LogP contribution in [0.4, 0.5) is 0 Å². The summed E-state index contributed by atoms with van der Waals surface area (Å²) in [6.07, 6.45) is 1.35. The van der Waals surface area contributed by atoms with Gasteiger partial charge in [0.15, 0.2) is 5.78 Å². The maximum atomic E-state index is 11.3. The molecule has 0 saturated heterocycles. The third kappa shape index (κ3) is 1.78. The number of hydrogen-bond donors (Lipinski definition) is 1. The fourth-order valence-electron chi connectivity index (χ4n) is 1.10. The lowest BCUT2D eigenvalue weighted by Gasteiger charge is -2.11. The number of carbonyl (C=O) groups is 2. The van der Waals surface area contributed by atoms with Crippen LogP contribution in [0.2, 0.25) is 0 Å². The predicted molar refractivity (Wildman–Crippen MR) is 48.8 cm³/mol. The van der Waals surface area contributed by atoms with Crippen molar-refractivity contribution in [1.29, 1.82) is 0 Å². The number of ketones is 1. The molecule has 1 N–H and O–H groups in total. The number of Topliss-reactive ketones (excluding diaryl/α,β-unsaturated/α-hetero) is 1. The first-order chi connectivity index (χ1) is 6.57. The number of hydrogen-bond acceptors (Lipinski definition) is 4. The highest BCUT2D eigenvalue weighted by Gasteiger charge is 2.19. The van der Waals surface area contributed by atoms with Gasteiger partial charge in [0.2, 0.25) is 5.91 Å². The number of rotatable bonds is 3. The van der Waals surface area contributed by atoms with Crippen molar-refractivity contribution >= 4 is 11.7 Å². The van der Waals surface area contributed by atoms with Crippen LogP contribution in [0.15, 0.2) is 6.20 Å². The number of carbonyl (C=O) groups excluding carboxylic acids is 2. The van der Waals surface area contributed by atoms with Crippen LogP contribution >= 0.6 is 0 Å². The molecule has 0 aliphatic rings. The van der Waals surface area contributed by atoms with Crippen molar-refractivity contribution in [1.82, 2.24) is 20.3 Å². The van der Waals surface area contributed by atoms with E-state index in [9.17, 15) is 9.59 Å². The van der Waals surface area contributed by atoms with Crippen LogP contribution in [0.25, 0.3) is 0 Å². The Bertz CT molecular complexity index is 358. The molecular formula is C8H12N4O2. The zero-order valence-electron chi connectivity index (χ0n) is 8.31. The maximum absolute atomic E-state index is 11.3. The van der Waals surface area contributed by atoms with Crippen molar-refractivity contribution in [3.8, 4) is 0 Å². The van der Waals surface area contributed by atoms with E-state index in [1.807, 2.05) is 0 Å². The molecule has 0 radical (unpaired) electrons. The molecule has 1 rings (SSSR count). The van der Waals surface area contributed by atoms with E-state index in [0.717, 1.165) is 0 Å². The van der Waals surface area contributed by atoms with Gasteiger partial charge in [0.05, 0.1) is 6.20 Å². The number of aromatic nitrogens is 3. The molecule has 1 aromatic rings. The van der Waals surface area contributed by atoms with Crippen LogP contribution in [-0.4, -0.2) is 33.7 Å². The topological polar surface area (TPSA) is 76.9 Å². The Morgan fingerprint density at radius 1 is 1.57 bits per heavy atom. The first-order valence-corrected chi connectivity index (χ1v) is 4.20. The smallest absolute Gasteiger partial charge is 0.244 e. The zero-order chi connectivity index (χ0) is 10.7. The molecule has 0 bridgehead atoms. The van der Waals surface area contributed by atoms with Crippen LogP contribution in [-0.2, 0) is 4.79 Å². The summed E-state index contributed by atoms with van der Waals surface area (Å²) in [6, 6.07) is -0.526. The summed E-state index contributed by atoms with van der Waals surface area (Å²) >= 11 is 0. The van der Waals surface area contributed by atoms with Gasteiger partial charge in [0.25, 0.3) is 0 Å². The lowest BCUT2D eigenvalue weighted by atomic mass is 10.2. The lowest BCUT2D eigenvalue weighted by molar-refractivity contribution is -0.123. The highest BCUT2D eigenvalue weighted by molar-refractivity contribution is 5.92. The summed E-state index contributed by atoms with van der Waals surface area (Å²) in [5, 5.41) is 9.76. The van der Waals surface area contributed by atoms with E-state index >= 15 is 0 Å². The number of amides is 1. The van der Waals surface area contributed by atoms with E-state index in [2.05, 4.69) is 15.6 Å². The Labute approximate surface area is 81.3 Å². The second-order valence-corrected chi connectivity index (χ2v) is 2.91.